The molecular formula is C13H19NO3. The molecule has 17 heavy (non-hydrogen) atoms. The number of rotatable bonds is 7. The number of carbonyl (C=O) groups excluding carboxylic acids is 1. The van der Waals surface area contributed by atoms with Crippen LogP contribution in [0.1, 0.15) is 12.0 Å². The number of ketones is 1. The Morgan fingerprint density at radius 1 is 1.35 bits per heavy atom. The molecule has 0 heterocycles. The molecule has 0 aliphatic carbocycles. The first kappa shape index (κ1) is 13.7. The standard InChI is InChI=1S/C13H19NO3/c1-16-8-7-11(14)12(15)9-10-5-3-4-6-13(10)17-2/h3-6,11H,7-9,14H2,1-2H3. The Hall–Kier alpha value is -1.39. The molecule has 94 valence electrons. The van der Waals surface area contributed by atoms with E-state index in [1.807, 2.05) is 24.3 Å². The molecule has 0 amide bonds. The average Bonchev–Trinajstić information content (AvgIpc) is 2.36. The molecule has 0 aliphatic heterocycles. The maximum absolute atomic E-state index is 11.9. The van der Waals surface area contributed by atoms with Gasteiger partial charge in [-0.15, -0.1) is 0 Å². The third-order valence-electron chi connectivity index (χ3n) is 2.60. The van der Waals surface area contributed by atoms with Gasteiger partial charge >= 0.3 is 0 Å². The Morgan fingerprint density at radius 3 is 2.71 bits per heavy atom. The second-order valence-corrected chi connectivity index (χ2v) is 3.84. The van der Waals surface area contributed by atoms with Crippen molar-refractivity contribution in [3.8, 4) is 5.75 Å². The Morgan fingerprint density at radius 2 is 2.06 bits per heavy atom. The molecular weight excluding hydrogens is 218 g/mol. The Kier molecular flexibility index (Phi) is 5.66. The van der Waals surface area contributed by atoms with Crippen LogP contribution < -0.4 is 10.5 Å². The summed E-state index contributed by atoms with van der Waals surface area (Å²) in [6.45, 7) is 0.499. The second-order valence-electron chi connectivity index (χ2n) is 3.84. The Balaban J connectivity index is 2.61. The van der Waals surface area contributed by atoms with E-state index in [9.17, 15) is 4.79 Å². The van der Waals surface area contributed by atoms with E-state index in [2.05, 4.69) is 0 Å². The topological polar surface area (TPSA) is 61.5 Å². The minimum Gasteiger partial charge on any atom is -0.496 e. The number of benzene rings is 1. The highest BCUT2D eigenvalue weighted by molar-refractivity contribution is 5.86. The first-order chi connectivity index (χ1) is 8.19. The van der Waals surface area contributed by atoms with Crippen LogP contribution >= 0.6 is 0 Å². The van der Waals surface area contributed by atoms with E-state index in [4.69, 9.17) is 15.2 Å². The zero-order chi connectivity index (χ0) is 12.7. The summed E-state index contributed by atoms with van der Waals surface area (Å²) in [6, 6.07) is 6.99. The third-order valence-corrected chi connectivity index (χ3v) is 2.60. The van der Waals surface area contributed by atoms with Crippen LogP contribution in [-0.4, -0.2) is 32.7 Å². The van der Waals surface area contributed by atoms with Crippen molar-refractivity contribution in [3.63, 3.8) is 0 Å². The minimum atomic E-state index is -0.472. The normalized spacial score (nSPS) is 12.2. The molecule has 0 aromatic heterocycles. The molecule has 1 unspecified atom stereocenters. The van der Waals surface area contributed by atoms with Crippen LogP contribution in [0.3, 0.4) is 0 Å². The lowest BCUT2D eigenvalue weighted by Crippen LogP contribution is -2.33. The van der Waals surface area contributed by atoms with Gasteiger partial charge in [0, 0.05) is 25.7 Å². The zero-order valence-corrected chi connectivity index (χ0v) is 10.3. The lowest BCUT2D eigenvalue weighted by atomic mass is 10.0. The fourth-order valence-corrected chi connectivity index (χ4v) is 1.57. The summed E-state index contributed by atoms with van der Waals surface area (Å²) in [5, 5.41) is 0. The van der Waals surface area contributed by atoms with Crippen molar-refractivity contribution < 1.29 is 14.3 Å². The van der Waals surface area contributed by atoms with Gasteiger partial charge in [-0.1, -0.05) is 18.2 Å². The highest BCUT2D eigenvalue weighted by Gasteiger charge is 2.15. The lowest BCUT2D eigenvalue weighted by molar-refractivity contribution is -0.120. The average molecular weight is 237 g/mol. The first-order valence-corrected chi connectivity index (χ1v) is 5.58. The van der Waals surface area contributed by atoms with Gasteiger partial charge < -0.3 is 15.2 Å². The van der Waals surface area contributed by atoms with Gasteiger partial charge in [0.15, 0.2) is 5.78 Å². The molecule has 0 saturated heterocycles. The molecule has 2 N–H and O–H groups in total. The molecule has 0 aliphatic rings. The van der Waals surface area contributed by atoms with Crippen LogP contribution in [0.15, 0.2) is 24.3 Å². The lowest BCUT2D eigenvalue weighted by Gasteiger charge is -2.11. The molecule has 4 heteroatoms. The predicted molar refractivity (Wildman–Crippen MR) is 66.2 cm³/mol. The summed E-state index contributed by atoms with van der Waals surface area (Å²) in [5.74, 6) is 0.728. The molecule has 1 aromatic rings. The van der Waals surface area contributed by atoms with Crippen molar-refractivity contribution in [3.05, 3.63) is 29.8 Å². The van der Waals surface area contributed by atoms with Crippen LogP contribution in [0, 0.1) is 0 Å². The zero-order valence-electron chi connectivity index (χ0n) is 10.3. The van der Waals surface area contributed by atoms with E-state index in [0.717, 1.165) is 11.3 Å². The Labute approximate surface area is 102 Å². The number of hydrogen-bond donors (Lipinski definition) is 1. The number of hydrogen-bond acceptors (Lipinski definition) is 4. The number of ether oxygens (including phenoxy) is 2. The smallest absolute Gasteiger partial charge is 0.154 e. The first-order valence-electron chi connectivity index (χ1n) is 5.58. The second kappa shape index (κ2) is 7.04. The van der Waals surface area contributed by atoms with Crippen molar-refractivity contribution in [1.82, 2.24) is 0 Å². The van der Waals surface area contributed by atoms with Gasteiger partial charge in [0.2, 0.25) is 0 Å². The predicted octanol–water partition coefficient (Wildman–Crippen LogP) is 1.17. The minimum absolute atomic E-state index is 0.00606. The van der Waals surface area contributed by atoms with Crippen LogP contribution in [-0.2, 0) is 16.0 Å². The van der Waals surface area contributed by atoms with Crippen molar-refractivity contribution in [2.24, 2.45) is 5.73 Å². The molecule has 4 nitrogen and oxygen atoms in total. The fraction of sp³-hybridized carbons (Fsp3) is 0.462. The Bertz CT molecular complexity index is 365. The van der Waals surface area contributed by atoms with Crippen LogP contribution in [0.2, 0.25) is 0 Å². The molecule has 0 radical (unpaired) electrons. The quantitative estimate of drug-likeness (QED) is 0.773. The summed E-state index contributed by atoms with van der Waals surface area (Å²) in [4.78, 5) is 11.9. The molecule has 0 bridgehead atoms. The molecule has 1 aromatic carbocycles. The number of Topliss-reactive ketones (excluding diaryl/α,β-unsaturated/α-hetero) is 1. The van der Waals surface area contributed by atoms with Gasteiger partial charge in [0.25, 0.3) is 0 Å². The van der Waals surface area contributed by atoms with E-state index in [0.29, 0.717) is 19.4 Å². The summed E-state index contributed by atoms with van der Waals surface area (Å²) in [6.07, 6.45) is 0.847. The van der Waals surface area contributed by atoms with Gasteiger partial charge in [0.1, 0.15) is 5.75 Å². The number of methoxy groups -OCH3 is 2. The van der Waals surface area contributed by atoms with E-state index in [1.54, 1.807) is 14.2 Å². The molecule has 1 rings (SSSR count). The fourth-order valence-electron chi connectivity index (χ4n) is 1.57. The van der Waals surface area contributed by atoms with Crippen molar-refractivity contribution in [2.45, 2.75) is 18.9 Å². The van der Waals surface area contributed by atoms with Gasteiger partial charge in [0.05, 0.1) is 13.2 Å². The summed E-state index contributed by atoms with van der Waals surface area (Å²) >= 11 is 0. The summed E-state index contributed by atoms with van der Waals surface area (Å²) in [5.41, 5.74) is 6.64. The van der Waals surface area contributed by atoms with Crippen LogP contribution in [0.4, 0.5) is 0 Å². The largest absolute Gasteiger partial charge is 0.496 e. The van der Waals surface area contributed by atoms with Gasteiger partial charge in [-0.3, -0.25) is 4.79 Å². The maximum atomic E-state index is 11.9. The van der Waals surface area contributed by atoms with Gasteiger partial charge in [-0.25, -0.2) is 0 Å². The van der Waals surface area contributed by atoms with E-state index >= 15 is 0 Å². The van der Waals surface area contributed by atoms with E-state index < -0.39 is 6.04 Å². The van der Waals surface area contributed by atoms with Gasteiger partial charge in [-0.05, 0) is 12.5 Å². The monoisotopic (exact) mass is 237 g/mol. The van der Waals surface area contributed by atoms with Crippen molar-refractivity contribution >= 4 is 5.78 Å². The van der Waals surface area contributed by atoms with Crippen molar-refractivity contribution in [1.29, 1.82) is 0 Å². The van der Waals surface area contributed by atoms with E-state index in [-0.39, 0.29) is 5.78 Å². The molecule has 0 spiro atoms. The molecule has 1 atom stereocenters. The molecule has 0 fully saturated rings. The highest BCUT2D eigenvalue weighted by Crippen LogP contribution is 2.18. The number of carbonyl (C=O) groups is 1. The molecule has 0 saturated carbocycles. The summed E-state index contributed by atoms with van der Waals surface area (Å²) < 4.78 is 10.1. The SMILES string of the molecule is COCCC(N)C(=O)Cc1ccccc1OC. The number of para-hydroxylation sites is 1. The maximum Gasteiger partial charge on any atom is 0.154 e. The van der Waals surface area contributed by atoms with Gasteiger partial charge in [-0.2, -0.15) is 0 Å². The number of nitrogens with two attached hydrogens (primary N) is 1. The highest BCUT2D eigenvalue weighted by atomic mass is 16.5. The van der Waals surface area contributed by atoms with Crippen LogP contribution in [0.25, 0.3) is 0 Å². The summed E-state index contributed by atoms with van der Waals surface area (Å²) in [7, 11) is 3.19. The van der Waals surface area contributed by atoms with Crippen molar-refractivity contribution in [2.75, 3.05) is 20.8 Å². The van der Waals surface area contributed by atoms with E-state index in [1.165, 1.54) is 0 Å². The van der Waals surface area contributed by atoms with Crippen LogP contribution in [0.5, 0.6) is 5.75 Å². The third kappa shape index (κ3) is 4.17.